The summed E-state index contributed by atoms with van der Waals surface area (Å²) in [6.45, 7) is 1.34. The second kappa shape index (κ2) is 5.20. The van der Waals surface area contributed by atoms with Gasteiger partial charge < -0.3 is 14.7 Å². The first-order valence-corrected chi connectivity index (χ1v) is 7.35. The number of carboxylic acid groups (broad SMARTS) is 1. The second-order valence-corrected chi connectivity index (χ2v) is 6.19. The van der Waals surface area contributed by atoms with Gasteiger partial charge in [0.15, 0.2) is 0 Å². The van der Waals surface area contributed by atoms with E-state index in [1.165, 1.54) is 0 Å². The van der Waals surface area contributed by atoms with Gasteiger partial charge >= 0.3 is 5.97 Å². The lowest BCUT2D eigenvalue weighted by Gasteiger charge is -2.29. The standard InChI is InChI=1S/C15H21NO4/c1-16(8-11-3-2-6-20-11)14(17)12-9-4-5-10(7-9)13(12)15(18)19/h4-5,9-13H,2-3,6-8H2,1H3,(H,18,19)/t9?,10?,11?,12-,13+/m0/s1. The lowest BCUT2D eigenvalue weighted by Crippen LogP contribution is -2.43. The summed E-state index contributed by atoms with van der Waals surface area (Å²) in [5.41, 5.74) is 0. The summed E-state index contributed by atoms with van der Waals surface area (Å²) in [6, 6.07) is 0. The van der Waals surface area contributed by atoms with Gasteiger partial charge in [0.2, 0.25) is 5.91 Å². The maximum atomic E-state index is 12.6. The molecule has 1 heterocycles. The Morgan fingerprint density at radius 1 is 1.30 bits per heavy atom. The molecule has 3 rings (SSSR count). The first-order chi connectivity index (χ1) is 9.58. The van der Waals surface area contributed by atoms with Gasteiger partial charge in [-0.3, -0.25) is 9.59 Å². The van der Waals surface area contributed by atoms with E-state index in [-0.39, 0.29) is 23.8 Å². The molecule has 0 aromatic heterocycles. The predicted molar refractivity (Wildman–Crippen MR) is 72.0 cm³/mol. The molecule has 5 nitrogen and oxygen atoms in total. The molecule has 0 radical (unpaired) electrons. The van der Waals surface area contributed by atoms with Crippen LogP contribution in [-0.2, 0) is 14.3 Å². The Balaban J connectivity index is 1.69. The fraction of sp³-hybridized carbons (Fsp3) is 0.733. The summed E-state index contributed by atoms with van der Waals surface area (Å²) >= 11 is 0. The normalized spacial score (nSPS) is 38.4. The molecule has 1 N–H and O–H groups in total. The fourth-order valence-corrected chi connectivity index (χ4v) is 3.93. The number of carbonyl (C=O) groups excluding carboxylic acids is 1. The van der Waals surface area contributed by atoms with Crippen molar-refractivity contribution in [3.63, 3.8) is 0 Å². The van der Waals surface area contributed by atoms with Crippen LogP contribution in [0.2, 0.25) is 0 Å². The van der Waals surface area contributed by atoms with Crippen molar-refractivity contribution in [3.8, 4) is 0 Å². The molecule has 1 saturated carbocycles. The average molecular weight is 279 g/mol. The van der Waals surface area contributed by atoms with Crippen LogP contribution in [0, 0.1) is 23.7 Å². The number of likely N-dealkylation sites (N-methyl/N-ethyl adjacent to an activating group) is 1. The second-order valence-electron chi connectivity index (χ2n) is 6.19. The highest BCUT2D eigenvalue weighted by molar-refractivity contribution is 5.86. The number of amides is 1. The zero-order valence-corrected chi connectivity index (χ0v) is 11.7. The molecule has 3 aliphatic rings. The minimum Gasteiger partial charge on any atom is -0.481 e. The zero-order chi connectivity index (χ0) is 14.3. The Morgan fingerprint density at radius 2 is 2.00 bits per heavy atom. The minimum absolute atomic E-state index is 0.0302. The number of fused-ring (bicyclic) bond motifs is 2. The van der Waals surface area contributed by atoms with Crippen molar-refractivity contribution in [2.24, 2.45) is 23.7 Å². The number of allylic oxidation sites excluding steroid dienone is 2. The molecular formula is C15H21NO4. The van der Waals surface area contributed by atoms with E-state index in [9.17, 15) is 14.7 Å². The van der Waals surface area contributed by atoms with Crippen LogP contribution >= 0.6 is 0 Å². The third-order valence-electron chi connectivity index (χ3n) is 4.91. The Kier molecular flexibility index (Phi) is 3.54. The number of hydrogen-bond acceptors (Lipinski definition) is 3. The minimum atomic E-state index is -0.842. The van der Waals surface area contributed by atoms with Crippen molar-refractivity contribution < 1.29 is 19.4 Å². The number of carbonyl (C=O) groups is 2. The van der Waals surface area contributed by atoms with E-state index in [0.717, 1.165) is 25.9 Å². The summed E-state index contributed by atoms with van der Waals surface area (Å²) in [5, 5.41) is 9.39. The molecule has 2 fully saturated rings. The largest absolute Gasteiger partial charge is 0.481 e. The van der Waals surface area contributed by atoms with E-state index < -0.39 is 17.8 Å². The SMILES string of the molecule is CN(CC1CCCO1)C(=O)[C@H]1C2C=CC(C2)[C@H]1C(=O)O. The lowest BCUT2D eigenvalue weighted by atomic mass is 9.82. The van der Waals surface area contributed by atoms with Crippen molar-refractivity contribution in [2.45, 2.75) is 25.4 Å². The molecule has 1 saturated heterocycles. The highest BCUT2D eigenvalue weighted by Crippen LogP contribution is 2.48. The Bertz CT molecular complexity index is 441. The maximum absolute atomic E-state index is 12.6. The van der Waals surface area contributed by atoms with Crippen LogP contribution in [0.4, 0.5) is 0 Å². The Morgan fingerprint density at radius 3 is 2.60 bits per heavy atom. The molecule has 0 spiro atoms. The van der Waals surface area contributed by atoms with E-state index in [4.69, 9.17) is 4.74 Å². The highest BCUT2D eigenvalue weighted by Gasteiger charge is 2.52. The number of aliphatic carboxylic acids is 1. The molecule has 110 valence electrons. The van der Waals surface area contributed by atoms with Crippen LogP contribution < -0.4 is 0 Å². The van der Waals surface area contributed by atoms with Gasteiger partial charge in [-0.05, 0) is 31.1 Å². The third kappa shape index (κ3) is 2.24. The zero-order valence-electron chi connectivity index (χ0n) is 11.7. The summed E-state index contributed by atoms with van der Waals surface area (Å²) in [4.78, 5) is 25.7. The van der Waals surface area contributed by atoms with Crippen molar-refractivity contribution >= 4 is 11.9 Å². The topological polar surface area (TPSA) is 66.8 Å². The van der Waals surface area contributed by atoms with Crippen molar-refractivity contribution in [3.05, 3.63) is 12.2 Å². The molecule has 5 heteroatoms. The van der Waals surface area contributed by atoms with E-state index in [0.29, 0.717) is 6.54 Å². The molecule has 1 amide bonds. The molecule has 1 aliphatic heterocycles. The van der Waals surface area contributed by atoms with E-state index in [1.807, 2.05) is 12.2 Å². The maximum Gasteiger partial charge on any atom is 0.307 e. The molecule has 0 aromatic carbocycles. The predicted octanol–water partition coefficient (Wildman–Crippen LogP) is 1.15. The van der Waals surface area contributed by atoms with Crippen LogP contribution in [0.15, 0.2) is 12.2 Å². The van der Waals surface area contributed by atoms with Gasteiger partial charge in [0.1, 0.15) is 0 Å². The van der Waals surface area contributed by atoms with Gasteiger partial charge in [-0.25, -0.2) is 0 Å². The van der Waals surface area contributed by atoms with Gasteiger partial charge in [0, 0.05) is 20.2 Å². The molecule has 5 atom stereocenters. The van der Waals surface area contributed by atoms with Crippen LogP contribution in [0.1, 0.15) is 19.3 Å². The van der Waals surface area contributed by atoms with Gasteiger partial charge in [-0.15, -0.1) is 0 Å². The Labute approximate surface area is 118 Å². The number of nitrogens with zero attached hydrogens (tertiary/aromatic N) is 1. The number of rotatable bonds is 4. The fourth-order valence-electron chi connectivity index (χ4n) is 3.93. The number of carboxylic acids is 1. The van der Waals surface area contributed by atoms with E-state index >= 15 is 0 Å². The molecule has 20 heavy (non-hydrogen) atoms. The first-order valence-electron chi connectivity index (χ1n) is 7.35. The van der Waals surface area contributed by atoms with Crippen molar-refractivity contribution in [1.82, 2.24) is 4.90 Å². The molecule has 3 unspecified atom stereocenters. The monoisotopic (exact) mass is 279 g/mol. The molecule has 0 aromatic rings. The smallest absolute Gasteiger partial charge is 0.307 e. The van der Waals surface area contributed by atoms with Crippen LogP contribution in [0.3, 0.4) is 0 Å². The average Bonchev–Trinajstić information content (AvgIpc) is 3.12. The van der Waals surface area contributed by atoms with Crippen LogP contribution in [0.25, 0.3) is 0 Å². The summed E-state index contributed by atoms with van der Waals surface area (Å²) < 4.78 is 5.55. The van der Waals surface area contributed by atoms with Crippen molar-refractivity contribution in [1.29, 1.82) is 0 Å². The first kappa shape index (κ1) is 13.6. The summed E-state index contributed by atoms with van der Waals surface area (Å²) in [7, 11) is 1.76. The molecule has 2 aliphatic carbocycles. The number of ether oxygens (including phenoxy) is 1. The quantitative estimate of drug-likeness (QED) is 0.784. The summed E-state index contributed by atoms with van der Waals surface area (Å²) in [5.74, 6) is -1.70. The van der Waals surface area contributed by atoms with Crippen molar-refractivity contribution in [2.75, 3.05) is 20.2 Å². The third-order valence-corrected chi connectivity index (χ3v) is 4.91. The van der Waals surface area contributed by atoms with Gasteiger partial charge in [0.25, 0.3) is 0 Å². The van der Waals surface area contributed by atoms with E-state index in [1.54, 1.807) is 11.9 Å². The molecular weight excluding hydrogens is 258 g/mol. The van der Waals surface area contributed by atoms with Gasteiger partial charge in [-0.2, -0.15) is 0 Å². The molecule has 2 bridgehead atoms. The summed E-state index contributed by atoms with van der Waals surface area (Å²) in [6.07, 6.45) is 6.93. The highest BCUT2D eigenvalue weighted by atomic mass is 16.5. The Hall–Kier alpha value is -1.36. The van der Waals surface area contributed by atoms with E-state index in [2.05, 4.69) is 0 Å². The van der Waals surface area contributed by atoms with Crippen LogP contribution in [0.5, 0.6) is 0 Å². The van der Waals surface area contributed by atoms with Crippen LogP contribution in [-0.4, -0.2) is 48.2 Å². The lowest BCUT2D eigenvalue weighted by molar-refractivity contribution is -0.151. The number of hydrogen-bond donors (Lipinski definition) is 1. The van der Waals surface area contributed by atoms with Gasteiger partial charge in [-0.1, -0.05) is 12.2 Å². The van der Waals surface area contributed by atoms with Gasteiger partial charge in [0.05, 0.1) is 17.9 Å².